The molecular weight excluding hydrogens is 373 g/mol. The number of pyridine rings is 1. The Morgan fingerprint density at radius 2 is 1.52 bits per heavy atom. The lowest BCUT2D eigenvalue weighted by Crippen LogP contribution is -2.47. The fraction of sp³-hybridized carbons (Fsp3) is 0.0455. The third-order valence-corrected chi connectivity index (χ3v) is 5.43. The number of nitrogens with zero attached hydrogens (tertiary/aromatic N) is 1. The quantitative estimate of drug-likeness (QED) is 0.362. The molecule has 0 fully saturated rings. The van der Waals surface area contributed by atoms with Crippen LogP contribution >= 0.6 is 23.4 Å². The molecule has 4 rings (SSSR count). The molecule has 0 aliphatic heterocycles. The molecule has 0 spiro atoms. The minimum Gasteiger partial charge on any atom is -0.550 e. The van der Waals surface area contributed by atoms with E-state index in [1.165, 1.54) is 4.90 Å². The first kappa shape index (κ1) is 18.0. The van der Waals surface area contributed by atoms with Gasteiger partial charge in [-0.2, -0.15) is 0 Å². The van der Waals surface area contributed by atoms with Crippen LogP contribution in [0.3, 0.4) is 0 Å². The molecule has 27 heavy (non-hydrogen) atoms. The molecule has 0 saturated heterocycles. The second-order valence-corrected chi connectivity index (χ2v) is 7.47. The Bertz CT molecular complexity index is 1050. The number of benzene rings is 3. The molecule has 1 aromatic heterocycles. The van der Waals surface area contributed by atoms with E-state index in [0.29, 0.717) is 5.02 Å². The summed E-state index contributed by atoms with van der Waals surface area (Å²) in [5, 5.41) is 1.77. The van der Waals surface area contributed by atoms with E-state index in [1.807, 2.05) is 54.6 Å². The Kier molecular flexibility index (Phi) is 5.37. The molecule has 5 heteroatoms. The Morgan fingerprint density at radius 3 is 2.22 bits per heavy atom. The van der Waals surface area contributed by atoms with E-state index in [1.54, 1.807) is 18.0 Å². The number of thioether (sulfide) groups is 1. The van der Waals surface area contributed by atoms with Gasteiger partial charge in [0, 0.05) is 21.5 Å². The van der Waals surface area contributed by atoms with Crippen molar-refractivity contribution in [3.63, 3.8) is 0 Å². The highest BCUT2D eigenvalue weighted by molar-refractivity contribution is 7.98. The fourth-order valence-electron chi connectivity index (χ4n) is 3.04. The molecule has 0 amide bonds. The van der Waals surface area contributed by atoms with Crippen LogP contribution in [0, 0.1) is 0 Å². The van der Waals surface area contributed by atoms with Crippen LogP contribution in [0.15, 0.2) is 90.0 Å². The van der Waals surface area contributed by atoms with Crippen LogP contribution in [0.2, 0.25) is 5.02 Å². The standard InChI is InChI=1S/C22H17BClNOS/c1-27-20-13-9-18(10-14-20)23(17-7-11-19(24)12-8-17)26-21-6-2-4-16-5-3-15-25-22(16)21/h2-15H,1H3. The molecule has 0 aliphatic rings. The predicted molar refractivity (Wildman–Crippen MR) is 117 cm³/mol. The molecule has 3 aromatic carbocycles. The van der Waals surface area contributed by atoms with Gasteiger partial charge < -0.3 is 4.65 Å². The van der Waals surface area contributed by atoms with Gasteiger partial charge in [0.05, 0.1) is 0 Å². The monoisotopic (exact) mass is 389 g/mol. The van der Waals surface area contributed by atoms with Gasteiger partial charge in [0.15, 0.2) is 0 Å². The summed E-state index contributed by atoms with van der Waals surface area (Å²) in [6.45, 7) is -0.245. The van der Waals surface area contributed by atoms with Crippen molar-refractivity contribution in [1.29, 1.82) is 0 Å². The van der Waals surface area contributed by atoms with E-state index in [-0.39, 0.29) is 6.92 Å². The van der Waals surface area contributed by atoms with Crippen molar-refractivity contribution in [3.8, 4) is 5.75 Å². The van der Waals surface area contributed by atoms with Gasteiger partial charge in [0.25, 0.3) is 0 Å². The third kappa shape index (κ3) is 3.97. The summed E-state index contributed by atoms with van der Waals surface area (Å²) in [4.78, 5) is 5.74. The van der Waals surface area contributed by atoms with Gasteiger partial charge in [-0.15, -0.1) is 11.8 Å². The topological polar surface area (TPSA) is 22.1 Å². The molecule has 0 atom stereocenters. The molecule has 0 saturated carbocycles. The zero-order chi connectivity index (χ0) is 18.6. The van der Waals surface area contributed by atoms with Crippen LogP contribution in [0.1, 0.15) is 0 Å². The van der Waals surface area contributed by atoms with E-state index in [4.69, 9.17) is 16.3 Å². The Morgan fingerprint density at radius 1 is 0.852 bits per heavy atom. The van der Waals surface area contributed by atoms with Crippen molar-refractivity contribution in [1.82, 2.24) is 4.98 Å². The highest BCUT2D eigenvalue weighted by Gasteiger charge is 2.24. The first-order valence-electron chi connectivity index (χ1n) is 8.64. The van der Waals surface area contributed by atoms with Gasteiger partial charge in [-0.25, -0.2) is 0 Å². The van der Waals surface area contributed by atoms with Gasteiger partial charge in [-0.3, -0.25) is 4.98 Å². The third-order valence-electron chi connectivity index (χ3n) is 4.43. The molecule has 0 radical (unpaired) electrons. The number of aromatic nitrogens is 1. The Balaban J connectivity index is 1.78. The number of hydrogen-bond acceptors (Lipinski definition) is 3. The van der Waals surface area contributed by atoms with Crippen LogP contribution in [-0.4, -0.2) is 18.2 Å². The van der Waals surface area contributed by atoms with Gasteiger partial charge in [-0.05, 0) is 53.6 Å². The summed E-state index contributed by atoms with van der Waals surface area (Å²) in [5.41, 5.74) is 2.99. The van der Waals surface area contributed by atoms with Crippen molar-refractivity contribution in [2.24, 2.45) is 0 Å². The minimum absolute atomic E-state index is 0.245. The first-order chi connectivity index (χ1) is 13.2. The lowest BCUT2D eigenvalue weighted by Gasteiger charge is -2.18. The van der Waals surface area contributed by atoms with Crippen LogP contribution in [-0.2, 0) is 0 Å². The summed E-state index contributed by atoms with van der Waals surface area (Å²) in [7, 11) is 0. The molecule has 0 aliphatic carbocycles. The summed E-state index contributed by atoms with van der Waals surface area (Å²) >= 11 is 7.81. The molecule has 2 nitrogen and oxygen atoms in total. The lowest BCUT2D eigenvalue weighted by molar-refractivity contribution is 0.597. The molecule has 1 heterocycles. The molecular formula is C22H17BClNOS. The van der Waals surface area contributed by atoms with Crippen molar-refractivity contribution < 1.29 is 4.65 Å². The maximum Gasteiger partial charge on any atom is 0.426 e. The molecule has 0 unspecified atom stereocenters. The maximum atomic E-state index is 6.50. The fourth-order valence-corrected chi connectivity index (χ4v) is 3.58. The van der Waals surface area contributed by atoms with E-state index >= 15 is 0 Å². The molecule has 0 N–H and O–H groups in total. The van der Waals surface area contributed by atoms with Crippen LogP contribution in [0.4, 0.5) is 0 Å². The molecule has 4 aromatic rings. The van der Waals surface area contributed by atoms with E-state index in [2.05, 4.69) is 35.5 Å². The second kappa shape index (κ2) is 8.07. The van der Waals surface area contributed by atoms with Gasteiger partial charge in [-0.1, -0.05) is 54.1 Å². The smallest absolute Gasteiger partial charge is 0.426 e. The summed E-state index contributed by atoms with van der Waals surface area (Å²) in [6, 6.07) is 26.2. The average molecular weight is 390 g/mol. The lowest BCUT2D eigenvalue weighted by atomic mass is 9.55. The van der Waals surface area contributed by atoms with Crippen LogP contribution in [0.5, 0.6) is 5.75 Å². The van der Waals surface area contributed by atoms with Gasteiger partial charge >= 0.3 is 6.92 Å². The van der Waals surface area contributed by atoms with Crippen molar-refractivity contribution in [3.05, 3.63) is 90.1 Å². The highest BCUT2D eigenvalue weighted by atomic mass is 35.5. The Hall–Kier alpha value is -2.43. The predicted octanol–water partition coefficient (Wildman–Crippen LogP) is 4.79. The van der Waals surface area contributed by atoms with Crippen molar-refractivity contribution >= 4 is 52.1 Å². The first-order valence-corrected chi connectivity index (χ1v) is 10.2. The average Bonchev–Trinajstić information content (AvgIpc) is 2.73. The zero-order valence-electron chi connectivity index (χ0n) is 14.8. The summed E-state index contributed by atoms with van der Waals surface area (Å²) < 4.78 is 6.50. The number of halogens is 1. The van der Waals surface area contributed by atoms with E-state index in [9.17, 15) is 0 Å². The van der Waals surface area contributed by atoms with Gasteiger partial charge in [0.2, 0.25) is 0 Å². The van der Waals surface area contributed by atoms with Crippen molar-refractivity contribution in [2.45, 2.75) is 4.90 Å². The largest absolute Gasteiger partial charge is 0.550 e. The Labute approximate surface area is 168 Å². The molecule has 132 valence electrons. The number of fused-ring (bicyclic) bond motifs is 1. The van der Waals surface area contributed by atoms with E-state index in [0.717, 1.165) is 27.6 Å². The normalized spacial score (nSPS) is 10.7. The summed E-state index contributed by atoms with van der Waals surface area (Å²) in [5.74, 6) is 0.766. The zero-order valence-corrected chi connectivity index (χ0v) is 16.4. The van der Waals surface area contributed by atoms with Crippen LogP contribution in [0.25, 0.3) is 10.9 Å². The summed E-state index contributed by atoms with van der Waals surface area (Å²) in [6.07, 6.45) is 3.86. The number of rotatable bonds is 5. The molecule has 0 bridgehead atoms. The minimum atomic E-state index is -0.245. The van der Waals surface area contributed by atoms with E-state index < -0.39 is 0 Å². The second-order valence-electron chi connectivity index (χ2n) is 6.15. The maximum absolute atomic E-state index is 6.50. The highest BCUT2D eigenvalue weighted by Crippen LogP contribution is 2.23. The van der Waals surface area contributed by atoms with Crippen molar-refractivity contribution in [2.75, 3.05) is 6.26 Å². The SMILES string of the molecule is CSc1ccc(B(Oc2cccc3cccnc23)c2ccc(Cl)cc2)cc1. The van der Waals surface area contributed by atoms with Crippen LogP contribution < -0.4 is 15.6 Å². The number of para-hydroxylation sites is 1. The number of hydrogen-bond donors (Lipinski definition) is 0. The van der Waals surface area contributed by atoms with Gasteiger partial charge in [0.1, 0.15) is 11.3 Å².